The Morgan fingerprint density at radius 1 is 1.27 bits per heavy atom. The summed E-state index contributed by atoms with van der Waals surface area (Å²) >= 11 is 0. The van der Waals surface area contributed by atoms with Crippen LogP contribution in [0.4, 0.5) is 0 Å². The molecule has 1 aromatic rings. The summed E-state index contributed by atoms with van der Waals surface area (Å²) in [6, 6.07) is 9.65. The standard InChI is InChI=1S/C17H23N3O2/c18-16(22)17(12-13-6-2-1-3-7-13)9-5-11-20(17)15(21)14-8-4-10-19-14/h1-3,6-7,14,19H,4-5,8-12H2,(H2,18,22)/t14-,17?/m0/s1. The lowest BCUT2D eigenvalue weighted by atomic mass is 9.87. The molecule has 1 unspecified atom stereocenters. The van der Waals surface area contributed by atoms with Crippen molar-refractivity contribution < 1.29 is 9.59 Å². The van der Waals surface area contributed by atoms with Gasteiger partial charge in [-0.1, -0.05) is 30.3 Å². The van der Waals surface area contributed by atoms with Crippen molar-refractivity contribution in [2.45, 2.75) is 43.7 Å². The second-order valence-corrected chi connectivity index (χ2v) is 6.30. The predicted octanol–water partition coefficient (Wildman–Crippen LogP) is 0.828. The zero-order valence-corrected chi connectivity index (χ0v) is 12.8. The van der Waals surface area contributed by atoms with Crippen molar-refractivity contribution in [2.24, 2.45) is 5.73 Å². The molecule has 0 aromatic heterocycles. The molecule has 118 valence electrons. The number of amides is 2. The molecule has 3 rings (SSSR count). The van der Waals surface area contributed by atoms with Gasteiger partial charge in [-0.15, -0.1) is 0 Å². The maximum absolute atomic E-state index is 12.8. The normalized spacial score (nSPS) is 28.0. The van der Waals surface area contributed by atoms with Crippen LogP contribution >= 0.6 is 0 Å². The highest BCUT2D eigenvalue weighted by molar-refractivity contribution is 5.93. The fourth-order valence-electron chi connectivity index (χ4n) is 3.74. The van der Waals surface area contributed by atoms with E-state index in [0.29, 0.717) is 19.4 Å². The number of hydrogen-bond donors (Lipinski definition) is 2. The van der Waals surface area contributed by atoms with E-state index in [1.165, 1.54) is 0 Å². The number of primary amides is 1. The molecular formula is C17H23N3O2. The Morgan fingerprint density at radius 3 is 2.68 bits per heavy atom. The maximum Gasteiger partial charge on any atom is 0.243 e. The molecule has 0 radical (unpaired) electrons. The van der Waals surface area contributed by atoms with E-state index >= 15 is 0 Å². The van der Waals surface area contributed by atoms with Gasteiger partial charge in [0, 0.05) is 13.0 Å². The summed E-state index contributed by atoms with van der Waals surface area (Å²) < 4.78 is 0. The molecule has 0 aliphatic carbocycles. The van der Waals surface area contributed by atoms with Crippen molar-refractivity contribution in [3.8, 4) is 0 Å². The molecular weight excluding hydrogens is 278 g/mol. The minimum Gasteiger partial charge on any atom is -0.368 e. The number of hydrogen-bond acceptors (Lipinski definition) is 3. The van der Waals surface area contributed by atoms with E-state index in [-0.39, 0.29) is 17.9 Å². The van der Waals surface area contributed by atoms with Crippen molar-refractivity contribution in [2.75, 3.05) is 13.1 Å². The highest BCUT2D eigenvalue weighted by Gasteiger charge is 2.49. The first kappa shape index (κ1) is 15.0. The molecule has 2 aliphatic heterocycles. The van der Waals surface area contributed by atoms with Crippen LogP contribution in [0.2, 0.25) is 0 Å². The summed E-state index contributed by atoms with van der Waals surface area (Å²) in [6.07, 6.45) is 3.83. The van der Waals surface area contributed by atoms with Gasteiger partial charge in [-0.3, -0.25) is 9.59 Å². The molecule has 2 amide bonds. The minimum absolute atomic E-state index is 0.0322. The van der Waals surface area contributed by atoms with Crippen LogP contribution in [0.3, 0.4) is 0 Å². The summed E-state index contributed by atoms with van der Waals surface area (Å²) in [5, 5.41) is 3.23. The smallest absolute Gasteiger partial charge is 0.243 e. The molecule has 0 saturated carbocycles. The molecule has 2 aliphatic rings. The van der Waals surface area contributed by atoms with Crippen LogP contribution in [0.1, 0.15) is 31.2 Å². The zero-order valence-electron chi connectivity index (χ0n) is 12.8. The Bertz CT molecular complexity index is 554. The highest BCUT2D eigenvalue weighted by Crippen LogP contribution is 2.34. The van der Waals surface area contributed by atoms with Gasteiger partial charge in [0.2, 0.25) is 11.8 Å². The van der Waals surface area contributed by atoms with Crippen LogP contribution in [0.25, 0.3) is 0 Å². The van der Waals surface area contributed by atoms with Gasteiger partial charge in [-0.25, -0.2) is 0 Å². The van der Waals surface area contributed by atoms with Crippen LogP contribution in [0, 0.1) is 0 Å². The number of carbonyl (C=O) groups is 2. The van der Waals surface area contributed by atoms with Gasteiger partial charge >= 0.3 is 0 Å². The summed E-state index contributed by atoms with van der Waals surface area (Å²) in [6.45, 7) is 1.49. The van der Waals surface area contributed by atoms with Crippen LogP contribution in [0.5, 0.6) is 0 Å². The molecule has 2 saturated heterocycles. The molecule has 1 aromatic carbocycles. The number of nitrogens with zero attached hydrogens (tertiary/aromatic N) is 1. The largest absolute Gasteiger partial charge is 0.368 e. The lowest BCUT2D eigenvalue weighted by Crippen LogP contribution is -2.60. The van der Waals surface area contributed by atoms with Crippen molar-refractivity contribution in [3.05, 3.63) is 35.9 Å². The molecule has 5 nitrogen and oxygen atoms in total. The molecule has 2 atom stereocenters. The van der Waals surface area contributed by atoms with Crippen LogP contribution in [-0.4, -0.2) is 41.4 Å². The first-order valence-corrected chi connectivity index (χ1v) is 8.02. The van der Waals surface area contributed by atoms with Gasteiger partial charge in [-0.05, 0) is 37.8 Å². The van der Waals surface area contributed by atoms with Gasteiger partial charge < -0.3 is 16.0 Å². The van der Waals surface area contributed by atoms with Crippen molar-refractivity contribution in [1.82, 2.24) is 10.2 Å². The van der Waals surface area contributed by atoms with Gasteiger partial charge in [-0.2, -0.15) is 0 Å². The first-order chi connectivity index (χ1) is 10.6. The Kier molecular flexibility index (Phi) is 4.16. The second kappa shape index (κ2) is 6.08. The quantitative estimate of drug-likeness (QED) is 0.865. The summed E-state index contributed by atoms with van der Waals surface area (Å²) in [7, 11) is 0. The molecule has 2 fully saturated rings. The van der Waals surface area contributed by atoms with E-state index in [1.807, 2.05) is 30.3 Å². The second-order valence-electron chi connectivity index (χ2n) is 6.30. The van der Waals surface area contributed by atoms with Crippen molar-refractivity contribution in [1.29, 1.82) is 0 Å². The lowest BCUT2D eigenvalue weighted by Gasteiger charge is -2.37. The van der Waals surface area contributed by atoms with E-state index in [4.69, 9.17) is 5.73 Å². The number of benzene rings is 1. The third kappa shape index (κ3) is 2.61. The maximum atomic E-state index is 12.8. The molecule has 0 spiro atoms. The number of rotatable bonds is 4. The number of likely N-dealkylation sites (tertiary alicyclic amines) is 1. The average Bonchev–Trinajstić information content (AvgIpc) is 3.18. The van der Waals surface area contributed by atoms with E-state index in [1.54, 1.807) is 4.90 Å². The van der Waals surface area contributed by atoms with E-state index in [2.05, 4.69) is 5.32 Å². The summed E-state index contributed by atoms with van der Waals surface area (Å²) in [4.78, 5) is 26.8. The molecule has 3 N–H and O–H groups in total. The summed E-state index contributed by atoms with van der Waals surface area (Å²) in [5.74, 6) is -0.357. The third-order valence-corrected chi connectivity index (χ3v) is 4.91. The molecule has 2 heterocycles. The lowest BCUT2D eigenvalue weighted by molar-refractivity contribution is -0.144. The predicted molar refractivity (Wildman–Crippen MR) is 84.0 cm³/mol. The highest BCUT2D eigenvalue weighted by atomic mass is 16.2. The van der Waals surface area contributed by atoms with Gasteiger partial charge in [0.15, 0.2) is 0 Å². The molecule has 22 heavy (non-hydrogen) atoms. The molecule has 0 bridgehead atoms. The average molecular weight is 301 g/mol. The van der Waals surface area contributed by atoms with E-state index in [9.17, 15) is 9.59 Å². The van der Waals surface area contributed by atoms with Crippen molar-refractivity contribution >= 4 is 11.8 Å². The minimum atomic E-state index is -0.872. The fraction of sp³-hybridized carbons (Fsp3) is 0.529. The van der Waals surface area contributed by atoms with Gasteiger partial charge in [0.05, 0.1) is 6.04 Å². The van der Waals surface area contributed by atoms with E-state index < -0.39 is 5.54 Å². The fourth-order valence-corrected chi connectivity index (χ4v) is 3.74. The van der Waals surface area contributed by atoms with Crippen molar-refractivity contribution in [3.63, 3.8) is 0 Å². The molecule has 5 heteroatoms. The Hall–Kier alpha value is -1.88. The first-order valence-electron chi connectivity index (χ1n) is 8.02. The monoisotopic (exact) mass is 301 g/mol. The van der Waals surface area contributed by atoms with Crippen LogP contribution in [0.15, 0.2) is 30.3 Å². The van der Waals surface area contributed by atoms with Crippen LogP contribution < -0.4 is 11.1 Å². The number of nitrogens with two attached hydrogens (primary N) is 1. The number of nitrogens with one attached hydrogen (secondary N) is 1. The Labute approximate surface area is 130 Å². The SMILES string of the molecule is NC(=O)C1(Cc2ccccc2)CCCN1C(=O)[C@@H]1CCCN1. The van der Waals surface area contributed by atoms with Gasteiger partial charge in [0.1, 0.15) is 5.54 Å². The zero-order chi connectivity index (χ0) is 15.6. The Balaban J connectivity index is 1.87. The number of carbonyl (C=O) groups excluding carboxylic acids is 2. The third-order valence-electron chi connectivity index (χ3n) is 4.91. The summed E-state index contributed by atoms with van der Waals surface area (Å²) in [5.41, 5.74) is 5.92. The van der Waals surface area contributed by atoms with E-state index in [0.717, 1.165) is 31.4 Å². The topological polar surface area (TPSA) is 75.4 Å². The van der Waals surface area contributed by atoms with Crippen LogP contribution in [-0.2, 0) is 16.0 Å². The Morgan fingerprint density at radius 2 is 2.05 bits per heavy atom. The van der Waals surface area contributed by atoms with Gasteiger partial charge in [0.25, 0.3) is 0 Å².